The van der Waals surface area contributed by atoms with Gasteiger partial charge in [-0.05, 0) is 20.4 Å². The van der Waals surface area contributed by atoms with Gasteiger partial charge in [-0.15, -0.1) is 0 Å². The Morgan fingerprint density at radius 1 is 1.33 bits per heavy atom. The smallest absolute Gasteiger partial charge is 0.306 e. The first-order chi connectivity index (χ1) is 8.52. The van der Waals surface area contributed by atoms with E-state index in [0.717, 1.165) is 25.8 Å². The Morgan fingerprint density at radius 2 is 2.00 bits per heavy atom. The van der Waals surface area contributed by atoms with Crippen molar-refractivity contribution >= 4 is 11.9 Å². The number of esters is 1. The Labute approximate surface area is 110 Å². The molecule has 5 nitrogen and oxygen atoms in total. The van der Waals surface area contributed by atoms with Gasteiger partial charge in [0.25, 0.3) is 0 Å². The zero-order valence-electron chi connectivity index (χ0n) is 12.0. The Bertz CT molecular complexity index is 257. The van der Waals surface area contributed by atoms with E-state index in [9.17, 15) is 9.59 Å². The highest BCUT2D eigenvalue weighted by atomic mass is 16.5. The highest BCUT2D eigenvalue weighted by Crippen LogP contribution is 1.99. The molecule has 106 valence electrons. The van der Waals surface area contributed by atoms with E-state index < -0.39 is 0 Å². The molecule has 0 saturated heterocycles. The van der Waals surface area contributed by atoms with E-state index in [1.807, 2.05) is 18.9 Å². The lowest BCUT2D eigenvalue weighted by Gasteiger charge is -2.23. The second kappa shape index (κ2) is 9.88. The molecule has 0 bridgehead atoms. The van der Waals surface area contributed by atoms with Gasteiger partial charge in [0.2, 0.25) is 5.91 Å². The van der Waals surface area contributed by atoms with E-state index in [4.69, 9.17) is 0 Å². The Morgan fingerprint density at radius 3 is 2.56 bits per heavy atom. The van der Waals surface area contributed by atoms with E-state index in [0.29, 0.717) is 13.0 Å². The predicted molar refractivity (Wildman–Crippen MR) is 71.3 cm³/mol. The van der Waals surface area contributed by atoms with Crippen molar-refractivity contribution in [3.63, 3.8) is 0 Å². The molecule has 0 spiro atoms. The van der Waals surface area contributed by atoms with Crippen LogP contribution in [0, 0.1) is 0 Å². The summed E-state index contributed by atoms with van der Waals surface area (Å²) >= 11 is 0. The second-order valence-electron chi connectivity index (χ2n) is 4.48. The van der Waals surface area contributed by atoms with Crippen LogP contribution in [0.1, 0.15) is 39.5 Å². The third kappa shape index (κ3) is 7.27. The van der Waals surface area contributed by atoms with Gasteiger partial charge in [0.15, 0.2) is 0 Å². The number of methoxy groups -OCH3 is 1. The van der Waals surface area contributed by atoms with Crippen LogP contribution in [-0.2, 0) is 14.3 Å². The fourth-order valence-corrected chi connectivity index (χ4v) is 1.50. The molecule has 0 saturated carbocycles. The van der Waals surface area contributed by atoms with Crippen molar-refractivity contribution in [2.45, 2.75) is 45.6 Å². The van der Waals surface area contributed by atoms with Crippen molar-refractivity contribution in [1.82, 2.24) is 10.2 Å². The molecule has 0 heterocycles. The first-order valence-electron chi connectivity index (χ1n) is 6.57. The molecule has 0 rings (SSSR count). The summed E-state index contributed by atoms with van der Waals surface area (Å²) in [5.41, 5.74) is 0. The van der Waals surface area contributed by atoms with Crippen molar-refractivity contribution in [2.24, 2.45) is 0 Å². The summed E-state index contributed by atoms with van der Waals surface area (Å²) in [5.74, 6) is -0.240. The minimum absolute atomic E-state index is 0.0125. The standard InChI is InChI=1S/C13H26N2O3/c1-5-6-7-9-14-13(17)11(2)15(3)10-8-12(16)18-4/h11H,5-10H2,1-4H3,(H,14,17). The number of ether oxygens (including phenoxy) is 1. The highest BCUT2D eigenvalue weighted by molar-refractivity contribution is 5.81. The normalized spacial score (nSPS) is 12.3. The zero-order valence-corrected chi connectivity index (χ0v) is 12.0. The average Bonchev–Trinajstić information content (AvgIpc) is 2.39. The molecule has 0 fully saturated rings. The fraction of sp³-hybridized carbons (Fsp3) is 0.846. The van der Waals surface area contributed by atoms with Crippen LogP contribution in [0.3, 0.4) is 0 Å². The lowest BCUT2D eigenvalue weighted by molar-refractivity contribution is -0.141. The molecular formula is C13H26N2O3. The minimum atomic E-state index is -0.252. The number of carbonyl (C=O) groups is 2. The van der Waals surface area contributed by atoms with Crippen molar-refractivity contribution in [2.75, 3.05) is 27.2 Å². The third-order valence-electron chi connectivity index (χ3n) is 3.02. The van der Waals surface area contributed by atoms with E-state index in [2.05, 4.69) is 17.0 Å². The SMILES string of the molecule is CCCCCNC(=O)C(C)N(C)CCC(=O)OC. The highest BCUT2D eigenvalue weighted by Gasteiger charge is 2.17. The Hall–Kier alpha value is -1.10. The van der Waals surface area contributed by atoms with Crippen LogP contribution in [0.2, 0.25) is 0 Å². The summed E-state index contributed by atoms with van der Waals surface area (Å²) in [5, 5.41) is 2.90. The predicted octanol–water partition coefficient (Wildman–Crippen LogP) is 1.18. The van der Waals surface area contributed by atoms with E-state index in [1.54, 1.807) is 0 Å². The number of unbranched alkanes of at least 4 members (excludes halogenated alkanes) is 2. The number of amides is 1. The van der Waals surface area contributed by atoms with Crippen molar-refractivity contribution in [3.05, 3.63) is 0 Å². The van der Waals surface area contributed by atoms with Crippen molar-refractivity contribution < 1.29 is 14.3 Å². The van der Waals surface area contributed by atoms with Gasteiger partial charge in [-0.1, -0.05) is 19.8 Å². The molecule has 1 N–H and O–H groups in total. The van der Waals surface area contributed by atoms with Gasteiger partial charge >= 0.3 is 5.97 Å². The van der Waals surface area contributed by atoms with Crippen LogP contribution >= 0.6 is 0 Å². The molecule has 1 atom stereocenters. The van der Waals surface area contributed by atoms with Crippen molar-refractivity contribution in [1.29, 1.82) is 0 Å². The molecule has 1 amide bonds. The van der Waals surface area contributed by atoms with Gasteiger partial charge in [-0.2, -0.15) is 0 Å². The molecule has 0 aliphatic carbocycles. The zero-order chi connectivity index (χ0) is 14.0. The second-order valence-corrected chi connectivity index (χ2v) is 4.48. The topological polar surface area (TPSA) is 58.6 Å². The molecule has 0 aliphatic heterocycles. The largest absolute Gasteiger partial charge is 0.469 e. The van der Waals surface area contributed by atoms with E-state index in [1.165, 1.54) is 7.11 Å². The van der Waals surface area contributed by atoms with E-state index >= 15 is 0 Å². The van der Waals surface area contributed by atoms with Gasteiger partial charge in [0.1, 0.15) is 0 Å². The van der Waals surface area contributed by atoms with Crippen LogP contribution in [0.15, 0.2) is 0 Å². The van der Waals surface area contributed by atoms with Crippen LogP contribution < -0.4 is 5.32 Å². The maximum atomic E-state index is 11.8. The molecule has 0 aromatic rings. The summed E-state index contributed by atoms with van der Waals surface area (Å²) in [4.78, 5) is 24.6. The molecule has 0 aliphatic rings. The molecule has 0 aromatic carbocycles. The monoisotopic (exact) mass is 258 g/mol. The van der Waals surface area contributed by atoms with Crippen LogP contribution in [0.4, 0.5) is 0 Å². The average molecular weight is 258 g/mol. The molecule has 5 heteroatoms. The maximum absolute atomic E-state index is 11.8. The molecule has 1 unspecified atom stereocenters. The number of hydrogen-bond acceptors (Lipinski definition) is 4. The quantitative estimate of drug-likeness (QED) is 0.498. The lowest BCUT2D eigenvalue weighted by Crippen LogP contribution is -2.44. The number of hydrogen-bond donors (Lipinski definition) is 1. The minimum Gasteiger partial charge on any atom is -0.469 e. The first kappa shape index (κ1) is 16.9. The van der Waals surface area contributed by atoms with Crippen LogP contribution in [0.25, 0.3) is 0 Å². The summed E-state index contributed by atoms with van der Waals surface area (Å²) in [7, 11) is 3.20. The number of likely N-dealkylation sites (N-methyl/N-ethyl adjacent to an activating group) is 1. The van der Waals surface area contributed by atoms with Gasteiger partial charge in [0.05, 0.1) is 19.6 Å². The number of rotatable bonds is 9. The number of nitrogens with zero attached hydrogens (tertiary/aromatic N) is 1. The summed E-state index contributed by atoms with van der Waals surface area (Å²) in [6.07, 6.45) is 3.60. The maximum Gasteiger partial charge on any atom is 0.306 e. The van der Waals surface area contributed by atoms with Crippen LogP contribution in [0.5, 0.6) is 0 Å². The molecule has 0 aromatic heterocycles. The molecular weight excluding hydrogens is 232 g/mol. The van der Waals surface area contributed by atoms with Gasteiger partial charge in [0, 0.05) is 13.1 Å². The lowest BCUT2D eigenvalue weighted by atomic mass is 10.2. The fourth-order valence-electron chi connectivity index (χ4n) is 1.50. The number of nitrogens with one attached hydrogen (secondary N) is 1. The Balaban J connectivity index is 3.85. The van der Waals surface area contributed by atoms with Crippen molar-refractivity contribution in [3.8, 4) is 0 Å². The van der Waals surface area contributed by atoms with Gasteiger partial charge in [-0.25, -0.2) is 0 Å². The van der Waals surface area contributed by atoms with Crippen LogP contribution in [-0.4, -0.2) is 50.1 Å². The van der Waals surface area contributed by atoms with E-state index in [-0.39, 0.29) is 17.9 Å². The summed E-state index contributed by atoms with van der Waals surface area (Å²) < 4.78 is 4.57. The molecule has 0 radical (unpaired) electrons. The summed E-state index contributed by atoms with van der Waals surface area (Å²) in [6, 6.07) is -0.226. The first-order valence-corrected chi connectivity index (χ1v) is 6.57. The Kier molecular flexibility index (Phi) is 9.28. The van der Waals surface area contributed by atoms with Gasteiger partial charge < -0.3 is 10.1 Å². The number of carbonyl (C=O) groups excluding carboxylic acids is 2. The summed E-state index contributed by atoms with van der Waals surface area (Å²) in [6.45, 7) is 5.22. The van der Waals surface area contributed by atoms with Gasteiger partial charge in [-0.3, -0.25) is 14.5 Å². The molecule has 18 heavy (non-hydrogen) atoms. The third-order valence-corrected chi connectivity index (χ3v) is 3.02.